The monoisotopic (exact) mass is 199 g/mol. The third-order valence-corrected chi connectivity index (χ3v) is 2.54. The van der Waals surface area contributed by atoms with E-state index in [0.717, 1.165) is 19.0 Å². The number of aliphatic imine (C=N–C) groups is 1. The lowest BCUT2D eigenvalue weighted by atomic mass is 10.2. The Hall–Kier alpha value is -0.640. The van der Waals surface area contributed by atoms with Crippen molar-refractivity contribution in [2.45, 2.75) is 12.5 Å². The van der Waals surface area contributed by atoms with Gasteiger partial charge in [-0.25, -0.2) is 0 Å². The van der Waals surface area contributed by atoms with Gasteiger partial charge >= 0.3 is 0 Å². The maximum atomic E-state index is 4.34. The quantitative estimate of drug-likeness (QED) is 0.644. The molecule has 0 spiro atoms. The number of nitrogens with one attached hydrogen (secondary N) is 2. The molecule has 0 fully saturated rings. The maximum absolute atomic E-state index is 4.34. The minimum absolute atomic E-state index is 0.528. The molecule has 1 aliphatic rings. The van der Waals surface area contributed by atoms with Gasteiger partial charge in [0.2, 0.25) is 0 Å². The summed E-state index contributed by atoms with van der Waals surface area (Å²) in [7, 11) is 0. The first-order valence-corrected chi connectivity index (χ1v) is 5.91. The lowest BCUT2D eigenvalue weighted by Gasteiger charge is -2.10. The van der Waals surface area contributed by atoms with Crippen LogP contribution in [0, 0.1) is 0 Å². The molecule has 0 aliphatic carbocycles. The zero-order valence-corrected chi connectivity index (χ0v) is 8.86. The zero-order chi connectivity index (χ0) is 9.52. The Labute approximate surface area is 84.1 Å². The number of rotatable bonds is 5. The topological polar surface area (TPSA) is 36.4 Å². The molecule has 1 aliphatic heterocycles. The molecule has 0 amide bonds. The second-order valence-electron chi connectivity index (χ2n) is 2.98. The minimum Gasteiger partial charge on any atom is -0.353 e. The summed E-state index contributed by atoms with van der Waals surface area (Å²) in [4.78, 5) is 4.34. The van der Waals surface area contributed by atoms with E-state index in [1.165, 1.54) is 12.2 Å². The van der Waals surface area contributed by atoms with Gasteiger partial charge in [-0.15, -0.1) is 6.58 Å². The van der Waals surface area contributed by atoms with E-state index in [1.54, 1.807) is 0 Å². The van der Waals surface area contributed by atoms with Gasteiger partial charge in [-0.05, 0) is 18.4 Å². The maximum Gasteiger partial charge on any atom is 0.191 e. The highest BCUT2D eigenvalue weighted by atomic mass is 32.2. The van der Waals surface area contributed by atoms with Crippen LogP contribution in [-0.4, -0.2) is 37.1 Å². The molecule has 0 saturated carbocycles. The molecular formula is C9H17N3S. The van der Waals surface area contributed by atoms with Gasteiger partial charge in [0, 0.05) is 12.6 Å². The highest BCUT2D eigenvalue weighted by Gasteiger charge is 2.15. The van der Waals surface area contributed by atoms with Crippen LogP contribution >= 0.6 is 11.8 Å². The first-order valence-electron chi connectivity index (χ1n) is 4.51. The van der Waals surface area contributed by atoms with Gasteiger partial charge in [0.15, 0.2) is 5.96 Å². The van der Waals surface area contributed by atoms with E-state index >= 15 is 0 Å². The van der Waals surface area contributed by atoms with Crippen molar-refractivity contribution in [1.82, 2.24) is 10.6 Å². The highest BCUT2D eigenvalue weighted by molar-refractivity contribution is 7.98. The van der Waals surface area contributed by atoms with Gasteiger partial charge in [-0.3, -0.25) is 4.99 Å². The molecular weight excluding hydrogens is 182 g/mol. The Morgan fingerprint density at radius 2 is 2.69 bits per heavy atom. The molecule has 0 radical (unpaired) electrons. The van der Waals surface area contributed by atoms with Crippen molar-refractivity contribution in [3.63, 3.8) is 0 Å². The van der Waals surface area contributed by atoms with E-state index in [0.29, 0.717) is 6.04 Å². The van der Waals surface area contributed by atoms with E-state index < -0.39 is 0 Å². The third-order valence-electron chi connectivity index (χ3n) is 1.89. The number of hydrogen-bond acceptors (Lipinski definition) is 4. The van der Waals surface area contributed by atoms with Crippen molar-refractivity contribution in [1.29, 1.82) is 0 Å². The lowest BCUT2D eigenvalue weighted by Crippen LogP contribution is -2.39. The number of nitrogens with zero attached hydrogens (tertiary/aromatic N) is 1. The summed E-state index contributed by atoms with van der Waals surface area (Å²) in [5, 5.41) is 6.49. The van der Waals surface area contributed by atoms with Crippen LogP contribution in [0.4, 0.5) is 0 Å². The van der Waals surface area contributed by atoms with Crippen molar-refractivity contribution >= 4 is 17.7 Å². The molecule has 0 aromatic carbocycles. The molecule has 0 bridgehead atoms. The van der Waals surface area contributed by atoms with E-state index in [1.807, 2.05) is 17.8 Å². The van der Waals surface area contributed by atoms with Crippen molar-refractivity contribution < 1.29 is 0 Å². The molecule has 3 nitrogen and oxygen atoms in total. The van der Waals surface area contributed by atoms with Gasteiger partial charge in [0.1, 0.15) is 0 Å². The Kier molecular flexibility index (Phi) is 4.75. The summed E-state index contributed by atoms with van der Waals surface area (Å²) in [6.07, 6.45) is 5.15. The number of hydrogen-bond donors (Lipinski definition) is 2. The first kappa shape index (κ1) is 10.4. The molecule has 0 aromatic rings. The van der Waals surface area contributed by atoms with E-state index in [2.05, 4.69) is 28.5 Å². The molecule has 1 heterocycles. The van der Waals surface area contributed by atoms with E-state index in [4.69, 9.17) is 0 Å². The summed E-state index contributed by atoms with van der Waals surface area (Å²) < 4.78 is 0. The van der Waals surface area contributed by atoms with E-state index in [9.17, 15) is 0 Å². The molecule has 0 aromatic heterocycles. The lowest BCUT2D eigenvalue weighted by molar-refractivity contribution is 0.636. The number of thioether (sulfide) groups is 1. The molecule has 1 atom stereocenters. The minimum atomic E-state index is 0.528. The van der Waals surface area contributed by atoms with Crippen LogP contribution in [0.5, 0.6) is 0 Å². The van der Waals surface area contributed by atoms with Crippen LogP contribution in [0.2, 0.25) is 0 Å². The first-order chi connectivity index (χ1) is 6.36. The smallest absolute Gasteiger partial charge is 0.191 e. The molecule has 0 saturated heterocycles. The molecule has 1 rings (SSSR count). The summed E-state index contributed by atoms with van der Waals surface area (Å²) >= 11 is 1.88. The van der Waals surface area contributed by atoms with Crippen LogP contribution < -0.4 is 10.6 Å². The average molecular weight is 199 g/mol. The summed E-state index contributed by atoms with van der Waals surface area (Å²) in [6, 6.07) is 0.528. The van der Waals surface area contributed by atoms with Crippen LogP contribution in [0.3, 0.4) is 0 Å². The normalized spacial score (nSPS) is 20.7. The fourth-order valence-corrected chi connectivity index (χ4v) is 1.71. The SMILES string of the molecule is C=CCNC1=NC[C@H](CCSC)N1. The van der Waals surface area contributed by atoms with E-state index in [-0.39, 0.29) is 0 Å². The van der Waals surface area contributed by atoms with Crippen LogP contribution in [-0.2, 0) is 0 Å². The third kappa shape index (κ3) is 3.72. The second-order valence-corrected chi connectivity index (χ2v) is 3.97. The Bertz CT molecular complexity index is 191. The summed E-state index contributed by atoms with van der Waals surface area (Å²) in [6.45, 7) is 5.32. The Morgan fingerprint density at radius 3 is 3.38 bits per heavy atom. The van der Waals surface area contributed by atoms with Gasteiger partial charge in [-0.1, -0.05) is 6.08 Å². The van der Waals surface area contributed by atoms with Gasteiger partial charge in [0.25, 0.3) is 0 Å². The highest BCUT2D eigenvalue weighted by Crippen LogP contribution is 2.04. The van der Waals surface area contributed by atoms with Crippen LogP contribution in [0.1, 0.15) is 6.42 Å². The summed E-state index contributed by atoms with van der Waals surface area (Å²) in [5.74, 6) is 2.12. The molecule has 13 heavy (non-hydrogen) atoms. The predicted octanol–water partition coefficient (Wildman–Crippen LogP) is 0.843. The molecule has 4 heteroatoms. The van der Waals surface area contributed by atoms with Crippen molar-refractivity contribution in [3.8, 4) is 0 Å². The largest absolute Gasteiger partial charge is 0.353 e. The Morgan fingerprint density at radius 1 is 1.85 bits per heavy atom. The van der Waals surface area contributed by atoms with Crippen LogP contribution in [0.15, 0.2) is 17.6 Å². The van der Waals surface area contributed by atoms with Crippen LogP contribution in [0.25, 0.3) is 0 Å². The van der Waals surface area contributed by atoms with Crippen molar-refractivity contribution in [2.24, 2.45) is 4.99 Å². The fraction of sp³-hybridized carbons (Fsp3) is 0.667. The van der Waals surface area contributed by atoms with Crippen molar-refractivity contribution in [3.05, 3.63) is 12.7 Å². The molecule has 0 unspecified atom stereocenters. The second kappa shape index (κ2) is 5.91. The Balaban J connectivity index is 2.13. The standard InChI is InChI=1S/C9H17N3S/c1-3-5-10-9-11-7-8(12-9)4-6-13-2/h3,8H,1,4-7H2,2H3,(H2,10,11,12)/t8-/m0/s1. The zero-order valence-electron chi connectivity index (χ0n) is 8.05. The van der Waals surface area contributed by atoms with Crippen molar-refractivity contribution in [2.75, 3.05) is 25.1 Å². The van der Waals surface area contributed by atoms with Gasteiger partial charge < -0.3 is 10.6 Å². The van der Waals surface area contributed by atoms with Gasteiger partial charge in [-0.2, -0.15) is 11.8 Å². The predicted molar refractivity (Wildman–Crippen MR) is 60.4 cm³/mol. The fourth-order valence-electron chi connectivity index (χ4n) is 1.19. The van der Waals surface area contributed by atoms with Gasteiger partial charge in [0.05, 0.1) is 6.54 Å². The summed E-state index contributed by atoms with van der Waals surface area (Å²) in [5.41, 5.74) is 0. The number of guanidine groups is 1. The molecule has 2 N–H and O–H groups in total. The average Bonchev–Trinajstić information content (AvgIpc) is 2.59. The molecule has 74 valence electrons.